The Balaban J connectivity index is 1.53. The number of rotatable bonds is 5. The Bertz CT molecular complexity index is 1030. The van der Waals surface area contributed by atoms with Crippen molar-refractivity contribution < 1.29 is 5.11 Å². The summed E-state index contributed by atoms with van der Waals surface area (Å²) in [5.41, 5.74) is 4.88. The number of H-pyrrole nitrogens is 1. The average molecular weight is 344 g/mol. The van der Waals surface area contributed by atoms with E-state index in [1.54, 1.807) is 6.07 Å². The van der Waals surface area contributed by atoms with Crippen molar-refractivity contribution in [1.29, 1.82) is 0 Å². The molecule has 0 saturated carbocycles. The molecule has 4 aromatic rings. The first-order chi connectivity index (χ1) is 12.7. The Morgan fingerprint density at radius 3 is 2.65 bits per heavy atom. The third-order valence-corrected chi connectivity index (χ3v) is 4.41. The van der Waals surface area contributed by atoms with E-state index >= 15 is 0 Å². The summed E-state index contributed by atoms with van der Waals surface area (Å²) in [6.07, 6.45) is 1.87. The van der Waals surface area contributed by atoms with Gasteiger partial charge in [-0.25, -0.2) is 4.98 Å². The van der Waals surface area contributed by atoms with Crippen LogP contribution < -0.4 is 0 Å². The molecule has 2 aromatic heterocycles. The van der Waals surface area contributed by atoms with Gasteiger partial charge in [-0.1, -0.05) is 48.5 Å². The molecule has 0 aliphatic rings. The van der Waals surface area contributed by atoms with Gasteiger partial charge in [-0.3, -0.25) is 10.00 Å². The van der Waals surface area contributed by atoms with Crippen molar-refractivity contribution in [2.45, 2.75) is 13.1 Å². The maximum atomic E-state index is 10.0. The quantitative estimate of drug-likeness (QED) is 0.575. The summed E-state index contributed by atoms with van der Waals surface area (Å²) in [6, 6.07) is 19.7. The number of pyridine rings is 1. The summed E-state index contributed by atoms with van der Waals surface area (Å²) in [5.74, 6) is 0.216. The van der Waals surface area contributed by atoms with Gasteiger partial charge in [0.2, 0.25) is 0 Å². The fraction of sp³-hybridized carbons (Fsp3) is 0.143. The van der Waals surface area contributed by atoms with Gasteiger partial charge in [0, 0.05) is 24.0 Å². The molecule has 0 fully saturated rings. The number of aromatic hydroxyl groups is 1. The van der Waals surface area contributed by atoms with Gasteiger partial charge in [0.05, 0.1) is 17.6 Å². The number of fused-ring (bicyclic) bond motifs is 1. The molecule has 0 unspecified atom stereocenters. The van der Waals surface area contributed by atoms with Crippen molar-refractivity contribution in [3.8, 4) is 17.0 Å². The lowest BCUT2D eigenvalue weighted by Gasteiger charge is -2.16. The maximum absolute atomic E-state index is 10.0. The second kappa shape index (κ2) is 6.98. The first-order valence-electron chi connectivity index (χ1n) is 8.54. The lowest BCUT2D eigenvalue weighted by Crippen LogP contribution is -2.18. The number of phenols is 1. The lowest BCUT2D eigenvalue weighted by atomic mass is 10.1. The monoisotopic (exact) mass is 344 g/mol. The first kappa shape index (κ1) is 16.3. The zero-order valence-corrected chi connectivity index (χ0v) is 14.6. The molecule has 26 heavy (non-hydrogen) atoms. The van der Waals surface area contributed by atoms with E-state index in [-0.39, 0.29) is 5.75 Å². The number of aromatic amines is 1. The van der Waals surface area contributed by atoms with E-state index in [9.17, 15) is 5.11 Å². The number of hydrogen-bond donors (Lipinski definition) is 2. The number of para-hydroxylation sites is 1. The van der Waals surface area contributed by atoms with Crippen molar-refractivity contribution in [2.24, 2.45) is 0 Å². The van der Waals surface area contributed by atoms with E-state index in [0.29, 0.717) is 12.1 Å². The highest BCUT2D eigenvalue weighted by Gasteiger charge is 2.11. The molecular formula is C21H20N4O. The largest absolute Gasteiger partial charge is 0.506 e. The van der Waals surface area contributed by atoms with Gasteiger partial charge in [0.1, 0.15) is 11.3 Å². The van der Waals surface area contributed by atoms with Gasteiger partial charge in [0.15, 0.2) is 0 Å². The molecule has 2 N–H and O–H groups in total. The molecular weight excluding hydrogens is 324 g/mol. The van der Waals surface area contributed by atoms with Crippen LogP contribution in [-0.4, -0.2) is 32.2 Å². The van der Waals surface area contributed by atoms with Gasteiger partial charge >= 0.3 is 0 Å². The Morgan fingerprint density at radius 2 is 1.81 bits per heavy atom. The molecule has 0 aliphatic heterocycles. The minimum atomic E-state index is 0.216. The number of phenolic OH excluding ortho intramolecular Hbond substituents is 1. The molecule has 0 atom stereocenters. The van der Waals surface area contributed by atoms with Gasteiger partial charge < -0.3 is 5.11 Å². The van der Waals surface area contributed by atoms with Crippen molar-refractivity contribution >= 4 is 10.9 Å². The molecule has 130 valence electrons. The van der Waals surface area contributed by atoms with E-state index in [4.69, 9.17) is 0 Å². The lowest BCUT2D eigenvalue weighted by molar-refractivity contribution is 0.316. The van der Waals surface area contributed by atoms with Gasteiger partial charge in [-0.2, -0.15) is 5.10 Å². The smallest absolute Gasteiger partial charge is 0.141 e. The predicted molar refractivity (Wildman–Crippen MR) is 103 cm³/mol. The molecule has 0 bridgehead atoms. The maximum Gasteiger partial charge on any atom is 0.141 e. The van der Waals surface area contributed by atoms with Crippen LogP contribution in [0.3, 0.4) is 0 Å². The number of benzene rings is 2. The van der Waals surface area contributed by atoms with Crippen LogP contribution in [0.5, 0.6) is 5.75 Å². The minimum absolute atomic E-state index is 0.216. The van der Waals surface area contributed by atoms with Gasteiger partial charge in [-0.05, 0) is 24.7 Å². The number of hydrogen-bond acceptors (Lipinski definition) is 4. The van der Waals surface area contributed by atoms with E-state index in [1.165, 1.54) is 0 Å². The molecule has 5 nitrogen and oxygen atoms in total. The van der Waals surface area contributed by atoms with E-state index < -0.39 is 0 Å². The fourth-order valence-electron chi connectivity index (χ4n) is 3.17. The van der Waals surface area contributed by atoms with Crippen LogP contribution >= 0.6 is 0 Å². The summed E-state index contributed by atoms with van der Waals surface area (Å²) in [4.78, 5) is 6.80. The average Bonchev–Trinajstić information content (AvgIpc) is 3.11. The molecule has 2 heterocycles. The Labute approximate surface area is 151 Å². The van der Waals surface area contributed by atoms with Crippen molar-refractivity contribution in [3.05, 3.63) is 78.1 Å². The highest BCUT2D eigenvalue weighted by Crippen LogP contribution is 2.24. The fourth-order valence-corrected chi connectivity index (χ4v) is 3.17. The Kier molecular flexibility index (Phi) is 4.37. The van der Waals surface area contributed by atoms with Crippen LogP contribution in [0.25, 0.3) is 22.2 Å². The molecule has 0 amide bonds. The molecule has 0 radical (unpaired) electrons. The number of aromatic nitrogens is 3. The normalized spacial score (nSPS) is 11.3. The number of nitrogens with one attached hydrogen (secondary N) is 1. The highest BCUT2D eigenvalue weighted by atomic mass is 16.3. The van der Waals surface area contributed by atoms with Gasteiger partial charge in [0.25, 0.3) is 0 Å². The Morgan fingerprint density at radius 1 is 0.962 bits per heavy atom. The van der Waals surface area contributed by atoms with Crippen molar-refractivity contribution in [1.82, 2.24) is 20.1 Å². The third-order valence-electron chi connectivity index (χ3n) is 4.41. The summed E-state index contributed by atoms with van der Waals surface area (Å²) < 4.78 is 0. The third kappa shape index (κ3) is 3.30. The predicted octanol–water partition coefficient (Wildman–Crippen LogP) is 3.96. The summed E-state index contributed by atoms with van der Waals surface area (Å²) in [5, 5.41) is 18.3. The second-order valence-corrected chi connectivity index (χ2v) is 6.46. The molecule has 5 heteroatoms. The van der Waals surface area contributed by atoms with E-state index in [0.717, 1.165) is 34.4 Å². The molecule has 0 spiro atoms. The Hall–Kier alpha value is -3.18. The standard InChI is InChI=1S/C21H20N4O/c1-25(13-17-12-22-24-20(17)15-6-3-2-4-7-15)14-18-11-10-16-8-5-9-19(26)21(16)23-18/h2-12,26H,13-14H2,1H3,(H,22,24). The van der Waals surface area contributed by atoms with Crippen LogP contribution in [0, 0.1) is 0 Å². The van der Waals surface area contributed by atoms with Crippen molar-refractivity contribution in [2.75, 3.05) is 7.05 Å². The van der Waals surface area contributed by atoms with E-state index in [1.807, 2.05) is 48.7 Å². The van der Waals surface area contributed by atoms with Crippen LogP contribution in [0.15, 0.2) is 66.9 Å². The second-order valence-electron chi connectivity index (χ2n) is 6.46. The highest BCUT2D eigenvalue weighted by molar-refractivity contribution is 5.84. The van der Waals surface area contributed by atoms with Crippen molar-refractivity contribution in [3.63, 3.8) is 0 Å². The molecule has 2 aromatic carbocycles. The zero-order chi connectivity index (χ0) is 17.9. The minimum Gasteiger partial charge on any atom is -0.506 e. The molecule has 0 aliphatic carbocycles. The zero-order valence-electron chi connectivity index (χ0n) is 14.6. The van der Waals surface area contributed by atoms with Crippen LogP contribution in [0.4, 0.5) is 0 Å². The summed E-state index contributed by atoms with van der Waals surface area (Å²) in [6.45, 7) is 1.44. The SMILES string of the molecule is CN(Cc1ccc2cccc(O)c2n1)Cc1cn[nH]c1-c1ccccc1. The summed E-state index contributed by atoms with van der Waals surface area (Å²) >= 11 is 0. The van der Waals surface area contributed by atoms with Gasteiger partial charge in [-0.15, -0.1) is 0 Å². The molecule has 0 saturated heterocycles. The van der Waals surface area contributed by atoms with Crippen LogP contribution in [0.1, 0.15) is 11.3 Å². The van der Waals surface area contributed by atoms with E-state index in [2.05, 4.69) is 39.3 Å². The first-order valence-corrected chi connectivity index (χ1v) is 8.54. The summed E-state index contributed by atoms with van der Waals surface area (Å²) in [7, 11) is 2.05. The number of nitrogens with zero attached hydrogens (tertiary/aromatic N) is 3. The molecule has 4 rings (SSSR count). The van der Waals surface area contributed by atoms with Crippen LogP contribution in [0.2, 0.25) is 0 Å². The topological polar surface area (TPSA) is 65.0 Å². The van der Waals surface area contributed by atoms with Crippen LogP contribution in [-0.2, 0) is 13.1 Å².